The molecule has 0 unspecified atom stereocenters. The Balaban J connectivity index is 1.25. The first-order valence-corrected chi connectivity index (χ1v) is 8.15. The number of carbonyl (C=O) groups is 1. The Labute approximate surface area is 134 Å². The van der Waals surface area contributed by atoms with E-state index in [1.165, 1.54) is 5.56 Å². The van der Waals surface area contributed by atoms with Gasteiger partial charge >= 0.3 is 6.03 Å². The van der Waals surface area contributed by atoms with E-state index in [1.807, 2.05) is 18.2 Å². The molecule has 0 saturated heterocycles. The quantitative estimate of drug-likeness (QED) is 0.858. The zero-order valence-corrected chi connectivity index (χ0v) is 12.9. The van der Waals surface area contributed by atoms with Crippen molar-refractivity contribution in [3.8, 4) is 0 Å². The molecule has 2 N–H and O–H groups in total. The third kappa shape index (κ3) is 3.21. The second-order valence-electron chi connectivity index (χ2n) is 6.50. The van der Waals surface area contributed by atoms with Gasteiger partial charge in [0, 0.05) is 17.9 Å². The highest BCUT2D eigenvalue weighted by atomic mass is 16.5. The van der Waals surface area contributed by atoms with Crippen LogP contribution < -0.4 is 10.6 Å². The molecule has 23 heavy (non-hydrogen) atoms. The van der Waals surface area contributed by atoms with E-state index in [0.717, 1.165) is 31.5 Å². The van der Waals surface area contributed by atoms with Crippen molar-refractivity contribution in [2.75, 3.05) is 6.54 Å². The normalized spacial score (nSPS) is 18.4. The van der Waals surface area contributed by atoms with Gasteiger partial charge in [-0.15, -0.1) is 0 Å². The molecule has 6 heteroatoms. The van der Waals surface area contributed by atoms with Gasteiger partial charge in [0.25, 0.3) is 0 Å². The lowest BCUT2D eigenvalue weighted by molar-refractivity contribution is 0.237. The summed E-state index contributed by atoms with van der Waals surface area (Å²) >= 11 is 0. The van der Waals surface area contributed by atoms with Crippen molar-refractivity contribution in [3.05, 3.63) is 47.6 Å². The predicted octanol–water partition coefficient (Wildman–Crippen LogP) is 2.48. The third-order valence-corrected chi connectivity index (χ3v) is 4.65. The molecule has 2 saturated carbocycles. The molecule has 2 aromatic rings. The molecule has 2 fully saturated rings. The van der Waals surface area contributed by atoms with Gasteiger partial charge in [0.1, 0.15) is 0 Å². The van der Waals surface area contributed by atoms with Crippen LogP contribution in [0.1, 0.15) is 48.9 Å². The first-order valence-electron chi connectivity index (χ1n) is 8.15. The number of nitrogens with one attached hydrogen (secondary N) is 2. The summed E-state index contributed by atoms with van der Waals surface area (Å²) in [5, 5.41) is 9.67. The molecule has 0 bridgehead atoms. The molecule has 1 heterocycles. The van der Waals surface area contributed by atoms with Crippen molar-refractivity contribution in [2.45, 2.75) is 43.6 Å². The maximum Gasteiger partial charge on any atom is 0.315 e. The van der Waals surface area contributed by atoms with E-state index in [-0.39, 0.29) is 18.0 Å². The summed E-state index contributed by atoms with van der Waals surface area (Å²) in [4.78, 5) is 16.3. The first-order chi connectivity index (χ1) is 11.3. The Kier molecular flexibility index (Phi) is 3.52. The van der Waals surface area contributed by atoms with E-state index < -0.39 is 0 Å². The molecule has 120 valence electrons. The number of benzene rings is 1. The van der Waals surface area contributed by atoms with Crippen LogP contribution in [0, 0.1) is 0 Å². The summed E-state index contributed by atoms with van der Waals surface area (Å²) in [6.45, 7) is 0.921. The number of amides is 2. The molecule has 0 radical (unpaired) electrons. The van der Waals surface area contributed by atoms with Gasteiger partial charge in [-0.2, -0.15) is 4.98 Å². The summed E-state index contributed by atoms with van der Waals surface area (Å²) in [7, 11) is 0. The van der Waals surface area contributed by atoms with Crippen molar-refractivity contribution in [3.63, 3.8) is 0 Å². The van der Waals surface area contributed by atoms with Crippen molar-refractivity contribution in [1.82, 2.24) is 20.8 Å². The molecule has 6 nitrogen and oxygen atoms in total. The molecule has 0 spiro atoms. The van der Waals surface area contributed by atoms with Crippen LogP contribution in [0.4, 0.5) is 4.79 Å². The highest BCUT2D eigenvalue weighted by molar-refractivity contribution is 5.74. The molecule has 2 amide bonds. The maximum absolute atomic E-state index is 12.0. The summed E-state index contributed by atoms with van der Waals surface area (Å²) in [6.07, 6.45) is 4.50. The first kappa shape index (κ1) is 14.2. The Hall–Kier alpha value is -2.37. The number of carbonyl (C=O) groups excluding carboxylic acids is 1. The van der Waals surface area contributed by atoms with Gasteiger partial charge in [-0.3, -0.25) is 0 Å². The van der Waals surface area contributed by atoms with Gasteiger partial charge in [-0.1, -0.05) is 35.5 Å². The molecule has 2 aliphatic carbocycles. The fourth-order valence-corrected chi connectivity index (χ4v) is 2.83. The van der Waals surface area contributed by atoms with E-state index >= 15 is 0 Å². The number of rotatable bonds is 6. The Morgan fingerprint density at radius 3 is 2.70 bits per heavy atom. The largest absolute Gasteiger partial charge is 0.337 e. The van der Waals surface area contributed by atoms with Crippen molar-refractivity contribution in [1.29, 1.82) is 0 Å². The van der Waals surface area contributed by atoms with E-state index in [2.05, 4.69) is 32.9 Å². The molecule has 1 aromatic heterocycles. The minimum absolute atomic E-state index is 0.113. The number of aromatic nitrogens is 2. The molecular formula is C17H20N4O2. The van der Waals surface area contributed by atoms with Crippen molar-refractivity contribution >= 4 is 6.03 Å². The second-order valence-corrected chi connectivity index (χ2v) is 6.50. The summed E-state index contributed by atoms with van der Waals surface area (Å²) in [5.41, 5.74) is 1.41. The zero-order chi connectivity index (χ0) is 15.7. The highest BCUT2D eigenvalue weighted by Gasteiger charge is 2.44. The molecular weight excluding hydrogens is 292 g/mol. The minimum Gasteiger partial charge on any atom is -0.337 e. The number of nitrogens with zero attached hydrogens (tertiary/aromatic N) is 2. The summed E-state index contributed by atoms with van der Waals surface area (Å²) in [6, 6.07) is 10.2. The number of hydrogen-bond acceptors (Lipinski definition) is 4. The van der Waals surface area contributed by atoms with Crippen molar-refractivity contribution in [2.24, 2.45) is 0 Å². The van der Waals surface area contributed by atoms with Gasteiger partial charge in [-0.25, -0.2) is 4.79 Å². The smallest absolute Gasteiger partial charge is 0.315 e. The average molecular weight is 312 g/mol. The Morgan fingerprint density at radius 1 is 1.22 bits per heavy atom. The molecule has 1 aromatic carbocycles. The topological polar surface area (TPSA) is 80.1 Å². The van der Waals surface area contributed by atoms with Gasteiger partial charge < -0.3 is 15.2 Å². The van der Waals surface area contributed by atoms with Crippen LogP contribution >= 0.6 is 0 Å². The second kappa shape index (κ2) is 5.68. The molecule has 4 rings (SSSR count). The van der Waals surface area contributed by atoms with E-state index in [4.69, 9.17) is 4.52 Å². The Morgan fingerprint density at radius 2 is 2.00 bits per heavy atom. The molecule has 0 aliphatic heterocycles. The van der Waals surface area contributed by atoms with E-state index in [9.17, 15) is 4.79 Å². The summed E-state index contributed by atoms with van der Waals surface area (Å²) in [5.74, 6) is 1.69. The minimum atomic E-state index is -0.196. The van der Waals surface area contributed by atoms with Crippen LogP contribution in [0.3, 0.4) is 0 Å². The van der Waals surface area contributed by atoms with Crippen LogP contribution in [0.25, 0.3) is 0 Å². The van der Waals surface area contributed by atoms with Crippen LogP contribution in [0.5, 0.6) is 0 Å². The van der Waals surface area contributed by atoms with Gasteiger partial charge in [0.05, 0.1) is 6.54 Å². The lowest BCUT2D eigenvalue weighted by Crippen LogP contribution is -2.39. The van der Waals surface area contributed by atoms with E-state index in [0.29, 0.717) is 18.4 Å². The zero-order valence-electron chi connectivity index (χ0n) is 12.9. The summed E-state index contributed by atoms with van der Waals surface area (Å²) < 4.78 is 5.14. The van der Waals surface area contributed by atoms with Crippen LogP contribution in [-0.4, -0.2) is 22.7 Å². The van der Waals surface area contributed by atoms with Crippen molar-refractivity contribution < 1.29 is 9.32 Å². The number of urea groups is 1. The lowest BCUT2D eigenvalue weighted by atomic mass is 9.96. The molecule has 2 aliphatic rings. The van der Waals surface area contributed by atoms with Crippen LogP contribution in [0.15, 0.2) is 34.9 Å². The molecule has 0 atom stereocenters. The average Bonchev–Trinajstić information content (AvgIpc) is 3.51. The predicted molar refractivity (Wildman–Crippen MR) is 83.9 cm³/mol. The van der Waals surface area contributed by atoms with Crippen LogP contribution in [0.2, 0.25) is 0 Å². The number of hydrogen-bond donors (Lipinski definition) is 2. The fraction of sp³-hybridized carbons (Fsp3) is 0.471. The Bertz CT molecular complexity index is 690. The fourth-order valence-electron chi connectivity index (χ4n) is 2.83. The van der Waals surface area contributed by atoms with Gasteiger partial charge in [-0.05, 0) is 31.2 Å². The monoisotopic (exact) mass is 312 g/mol. The van der Waals surface area contributed by atoms with Gasteiger partial charge in [0.2, 0.25) is 5.89 Å². The maximum atomic E-state index is 12.0. The SMILES string of the molecule is O=C(NCc1nc(C2CC2)no1)NCC1(c2ccccc2)CC1. The van der Waals surface area contributed by atoms with E-state index in [1.54, 1.807) is 0 Å². The highest BCUT2D eigenvalue weighted by Crippen LogP contribution is 2.47. The van der Waals surface area contributed by atoms with Crippen LogP contribution in [-0.2, 0) is 12.0 Å². The standard InChI is InChI=1S/C17H20N4O2/c22-16(18-10-14-20-15(21-23-14)12-6-7-12)19-11-17(8-9-17)13-4-2-1-3-5-13/h1-5,12H,6-11H2,(H2,18,19,22). The lowest BCUT2D eigenvalue weighted by Gasteiger charge is -2.16. The van der Waals surface area contributed by atoms with Gasteiger partial charge in [0.15, 0.2) is 5.82 Å². The third-order valence-electron chi connectivity index (χ3n) is 4.65.